The second kappa shape index (κ2) is 8.75. The summed E-state index contributed by atoms with van der Waals surface area (Å²) in [6.07, 6.45) is 10.7. The molecule has 0 aromatic heterocycles. The zero-order chi connectivity index (χ0) is 16.6. The molecule has 0 spiro atoms. The molecule has 0 atom stereocenters. The Bertz CT molecular complexity index is 452. The molecule has 0 heterocycles. The maximum atomic E-state index is 11.7. The van der Waals surface area contributed by atoms with Crippen LogP contribution >= 0.6 is 0 Å². The Morgan fingerprint density at radius 2 is 1.82 bits per heavy atom. The Kier molecular flexibility index (Phi) is 7.66. The lowest BCUT2D eigenvalue weighted by molar-refractivity contribution is 0.472. The van der Waals surface area contributed by atoms with E-state index in [-0.39, 0.29) is 0 Å². The molecular weight excluding hydrogens is 298 g/mol. The Balaban J connectivity index is 2.19. The van der Waals surface area contributed by atoms with Crippen molar-refractivity contribution >= 4 is 15.8 Å². The van der Waals surface area contributed by atoms with Crippen molar-refractivity contribution in [3.8, 4) is 0 Å². The number of hydrogen-bond acceptors (Lipinski definition) is 3. The molecule has 1 aliphatic carbocycles. The number of aliphatic imine (C=N–C) groups is 1. The highest BCUT2D eigenvalue weighted by Crippen LogP contribution is 2.28. The van der Waals surface area contributed by atoms with Gasteiger partial charge in [-0.3, -0.25) is 4.99 Å². The fourth-order valence-corrected chi connectivity index (χ4v) is 3.05. The monoisotopic (exact) mass is 331 g/mol. The summed E-state index contributed by atoms with van der Waals surface area (Å²) < 4.78 is 22.6. The van der Waals surface area contributed by atoms with Crippen LogP contribution in [-0.4, -0.2) is 45.5 Å². The van der Waals surface area contributed by atoms with Crippen molar-refractivity contribution in [2.24, 2.45) is 10.9 Å². The van der Waals surface area contributed by atoms with E-state index in [2.05, 4.69) is 15.6 Å². The van der Waals surface area contributed by atoms with Gasteiger partial charge < -0.3 is 10.6 Å². The quantitative estimate of drug-likeness (QED) is 0.407. The molecule has 0 aromatic rings. The molecule has 0 aromatic carbocycles. The van der Waals surface area contributed by atoms with Gasteiger partial charge in [-0.25, -0.2) is 8.42 Å². The minimum atomic E-state index is -3.09. The van der Waals surface area contributed by atoms with Gasteiger partial charge in [0, 0.05) is 26.4 Å². The molecule has 0 radical (unpaired) electrons. The van der Waals surface area contributed by atoms with Crippen molar-refractivity contribution in [3.63, 3.8) is 0 Å². The van der Waals surface area contributed by atoms with E-state index in [1.54, 1.807) is 20.9 Å². The van der Waals surface area contributed by atoms with E-state index >= 15 is 0 Å². The van der Waals surface area contributed by atoms with Gasteiger partial charge in [0.25, 0.3) is 0 Å². The lowest BCUT2D eigenvalue weighted by Crippen LogP contribution is -2.47. The van der Waals surface area contributed by atoms with Crippen LogP contribution in [0.15, 0.2) is 4.99 Å². The zero-order valence-corrected chi connectivity index (χ0v) is 15.4. The summed E-state index contributed by atoms with van der Waals surface area (Å²) in [4.78, 5) is 4.15. The average molecular weight is 332 g/mol. The highest BCUT2D eigenvalue weighted by molar-refractivity contribution is 7.92. The van der Waals surface area contributed by atoms with Crippen LogP contribution < -0.4 is 10.6 Å². The van der Waals surface area contributed by atoms with Crippen LogP contribution in [0.2, 0.25) is 0 Å². The average Bonchev–Trinajstić information content (AvgIpc) is 2.93. The molecule has 0 amide bonds. The number of unbranched alkanes of at least 4 members (excludes halogenated alkanes) is 1. The number of sulfone groups is 1. The molecule has 22 heavy (non-hydrogen) atoms. The van der Waals surface area contributed by atoms with Crippen LogP contribution in [0.25, 0.3) is 0 Å². The molecule has 1 saturated carbocycles. The smallest absolute Gasteiger partial charge is 0.191 e. The molecule has 130 valence electrons. The lowest BCUT2D eigenvalue weighted by atomic mass is 10.0. The first-order valence-electron chi connectivity index (χ1n) is 8.40. The molecule has 0 bridgehead atoms. The largest absolute Gasteiger partial charge is 0.356 e. The van der Waals surface area contributed by atoms with Crippen molar-refractivity contribution in [2.45, 2.75) is 63.5 Å². The summed E-state index contributed by atoms with van der Waals surface area (Å²) in [5.41, 5.74) is 0. The standard InChI is InChI=1S/C16H33N3O2S/c1-16(2,22(4,20)21)13-19-15(17-3)18-12-8-7-11-14-9-5-6-10-14/h14H,5-13H2,1-4H3,(H2,17,18,19). The number of guanidine groups is 1. The molecule has 6 heteroatoms. The first-order valence-corrected chi connectivity index (χ1v) is 10.3. The maximum absolute atomic E-state index is 11.7. The van der Waals surface area contributed by atoms with Crippen molar-refractivity contribution in [3.05, 3.63) is 0 Å². The van der Waals surface area contributed by atoms with Crippen LogP contribution in [0.5, 0.6) is 0 Å². The van der Waals surface area contributed by atoms with E-state index < -0.39 is 14.6 Å². The number of nitrogens with one attached hydrogen (secondary N) is 2. The third-order valence-electron chi connectivity index (χ3n) is 4.72. The fourth-order valence-electron chi connectivity index (χ4n) is 2.71. The van der Waals surface area contributed by atoms with Gasteiger partial charge in [-0.1, -0.05) is 38.5 Å². The third-order valence-corrected chi connectivity index (χ3v) is 6.87. The molecule has 0 unspecified atom stereocenters. The molecule has 1 fully saturated rings. The Hall–Kier alpha value is -0.780. The highest BCUT2D eigenvalue weighted by atomic mass is 32.2. The molecule has 1 aliphatic rings. The van der Waals surface area contributed by atoms with Crippen LogP contribution in [0.1, 0.15) is 58.8 Å². The summed E-state index contributed by atoms with van der Waals surface area (Å²) in [7, 11) is -1.38. The van der Waals surface area contributed by atoms with Crippen molar-refractivity contribution in [2.75, 3.05) is 26.4 Å². The number of nitrogens with zero attached hydrogens (tertiary/aromatic N) is 1. The normalized spacial score (nSPS) is 17.7. The first kappa shape index (κ1) is 19.3. The summed E-state index contributed by atoms with van der Waals surface area (Å²) in [5, 5.41) is 6.37. The molecule has 0 saturated heterocycles. The Morgan fingerprint density at radius 3 is 2.36 bits per heavy atom. The fraction of sp³-hybridized carbons (Fsp3) is 0.938. The van der Waals surface area contributed by atoms with Gasteiger partial charge in [0.1, 0.15) is 0 Å². The van der Waals surface area contributed by atoms with E-state index in [0.29, 0.717) is 12.5 Å². The third kappa shape index (κ3) is 6.55. The van der Waals surface area contributed by atoms with Crippen molar-refractivity contribution in [1.82, 2.24) is 10.6 Å². The second-order valence-electron chi connectivity index (χ2n) is 7.03. The van der Waals surface area contributed by atoms with Crippen LogP contribution in [0.3, 0.4) is 0 Å². The summed E-state index contributed by atoms with van der Waals surface area (Å²) >= 11 is 0. The second-order valence-corrected chi connectivity index (χ2v) is 9.68. The number of hydrogen-bond donors (Lipinski definition) is 2. The minimum absolute atomic E-state index is 0.355. The van der Waals surface area contributed by atoms with Gasteiger partial charge in [-0.05, 0) is 26.2 Å². The van der Waals surface area contributed by atoms with Crippen molar-refractivity contribution < 1.29 is 8.42 Å². The SMILES string of the molecule is CN=C(NCCCCC1CCCC1)NCC(C)(C)S(C)(=O)=O. The van der Waals surface area contributed by atoms with Gasteiger partial charge in [0.2, 0.25) is 0 Å². The van der Waals surface area contributed by atoms with Gasteiger partial charge in [-0.15, -0.1) is 0 Å². The Morgan fingerprint density at radius 1 is 1.18 bits per heavy atom. The van der Waals surface area contributed by atoms with Crippen molar-refractivity contribution in [1.29, 1.82) is 0 Å². The van der Waals surface area contributed by atoms with Gasteiger partial charge >= 0.3 is 0 Å². The predicted molar refractivity (Wildman–Crippen MR) is 94.1 cm³/mol. The molecule has 1 rings (SSSR count). The van der Waals surface area contributed by atoms with E-state index in [1.165, 1.54) is 44.8 Å². The van der Waals surface area contributed by atoms with E-state index in [4.69, 9.17) is 0 Å². The van der Waals surface area contributed by atoms with Gasteiger partial charge in [0.15, 0.2) is 15.8 Å². The van der Waals surface area contributed by atoms with Crippen LogP contribution in [0, 0.1) is 5.92 Å². The van der Waals surface area contributed by atoms with E-state index in [9.17, 15) is 8.42 Å². The van der Waals surface area contributed by atoms with E-state index in [1.807, 2.05) is 0 Å². The van der Waals surface area contributed by atoms with Gasteiger partial charge in [0.05, 0.1) is 4.75 Å². The number of rotatable bonds is 8. The molecular formula is C16H33N3O2S. The lowest BCUT2D eigenvalue weighted by Gasteiger charge is -2.24. The molecule has 2 N–H and O–H groups in total. The van der Waals surface area contributed by atoms with Gasteiger partial charge in [-0.2, -0.15) is 0 Å². The van der Waals surface area contributed by atoms with Crippen LogP contribution in [0.4, 0.5) is 0 Å². The van der Waals surface area contributed by atoms with Crippen LogP contribution in [-0.2, 0) is 9.84 Å². The minimum Gasteiger partial charge on any atom is -0.356 e. The molecule has 5 nitrogen and oxygen atoms in total. The zero-order valence-electron chi connectivity index (χ0n) is 14.6. The predicted octanol–water partition coefficient (Wildman–Crippen LogP) is 2.34. The molecule has 0 aliphatic heterocycles. The summed E-state index contributed by atoms with van der Waals surface area (Å²) in [6, 6.07) is 0. The summed E-state index contributed by atoms with van der Waals surface area (Å²) in [6.45, 7) is 4.69. The first-order chi connectivity index (χ1) is 10.3. The maximum Gasteiger partial charge on any atom is 0.191 e. The summed E-state index contributed by atoms with van der Waals surface area (Å²) in [5.74, 6) is 1.63. The van der Waals surface area contributed by atoms with E-state index in [0.717, 1.165) is 18.9 Å². The highest BCUT2D eigenvalue weighted by Gasteiger charge is 2.30. The topological polar surface area (TPSA) is 70.6 Å². The Labute approximate surface area is 136 Å².